The molecule has 1 aromatic carbocycles. The predicted octanol–water partition coefficient (Wildman–Crippen LogP) is 8.32. The number of aliphatic hydroxyl groups is 1. The van der Waals surface area contributed by atoms with Crippen LogP contribution in [-0.2, 0) is 0 Å². The molecule has 0 unspecified atom stereocenters. The number of nitrogens with zero attached hydrogens (tertiary/aromatic N) is 1. The molecular formula is C31H38FNOS4. The van der Waals surface area contributed by atoms with E-state index in [1.165, 1.54) is 41.9 Å². The van der Waals surface area contributed by atoms with Crippen molar-refractivity contribution < 1.29 is 9.50 Å². The van der Waals surface area contributed by atoms with Gasteiger partial charge in [0.1, 0.15) is 5.82 Å². The van der Waals surface area contributed by atoms with Crippen molar-refractivity contribution in [2.45, 2.75) is 54.8 Å². The minimum absolute atomic E-state index is 0.0449. The highest BCUT2D eigenvalue weighted by Crippen LogP contribution is 2.67. The Balaban J connectivity index is 1.31. The zero-order chi connectivity index (χ0) is 26.3. The molecule has 2 saturated heterocycles. The summed E-state index contributed by atoms with van der Waals surface area (Å²) in [5.41, 5.74) is 2.88. The fourth-order valence-electron chi connectivity index (χ4n) is 7.82. The van der Waals surface area contributed by atoms with Crippen LogP contribution in [-0.4, -0.2) is 48.4 Å². The van der Waals surface area contributed by atoms with Crippen LogP contribution in [0.2, 0.25) is 0 Å². The molecule has 0 bridgehead atoms. The lowest BCUT2D eigenvalue weighted by atomic mass is 9.45. The van der Waals surface area contributed by atoms with E-state index >= 15 is 0 Å². The van der Waals surface area contributed by atoms with Gasteiger partial charge >= 0.3 is 0 Å². The molecule has 0 spiro atoms. The van der Waals surface area contributed by atoms with E-state index in [4.69, 9.17) is 4.98 Å². The summed E-state index contributed by atoms with van der Waals surface area (Å²) in [6, 6.07) is 10.8. The average molecular weight is 588 g/mol. The first-order valence-electron chi connectivity index (χ1n) is 13.9. The lowest BCUT2D eigenvalue weighted by molar-refractivity contribution is -0.139. The molecule has 0 amide bonds. The van der Waals surface area contributed by atoms with E-state index in [0.29, 0.717) is 26.9 Å². The van der Waals surface area contributed by atoms with Gasteiger partial charge in [-0.2, -0.15) is 0 Å². The summed E-state index contributed by atoms with van der Waals surface area (Å²) in [7, 11) is 0. The number of hydrogen-bond acceptors (Lipinski definition) is 6. The second-order valence-electron chi connectivity index (χ2n) is 11.8. The summed E-state index contributed by atoms with van der Waals surface area (Å²) in [6.07, 6.45) is 10.9. The highest BCUT2D eigenvalue weighted by Gasteiger charge is 2.62. The largest absolute Gasteiger partial charge is 0.392 e. The van der Waals surface area contributed by atoms with E-state index in [1.54, 1.807) is 12.1 Å². The molecule has 2 nitrogen and oxygen atoms in total. The molecule has 2 aliphatic carbocycles. The van der Waals surface area contributed by atoms with Crippen molar-refractivity contribution in [3.8, 4) is 11.1 Å². The maximum absolute atomic E-state index is 13.7. The second kappa shape index (κ2) is 11.3. The van der Waals surface area contributed by atoms with Crippen molar-refractivity contribution in [2.75, 3.05) is 23.0 Å². The summed E-state index contributed by atoms with van der Waals surface area (Å²) in [4.78, 5) is 4.76. The van der Waals surface area contributed by atoms with Gasteiger partial charge in [0.25, 0.3) is 0 Å². The van der Waals surface area contributed by atoms with Gasteiger partial charge in [-0.25, -0.2) is 4.39 Å². The SMILES string of the molecule is C[C@@]12CC[C@@H](O)[C@@](C)(C3SCCS3)[C@H]1CC[C@H](C1SCCS1)[C@H]2/C=C/c1ccc(-c2cccc(F)c2)cn1. The van der Waals surface area contributed by atoms with Crippen LogP contribution in [0.4, 0.5) is 4.39 Å². The van der Waals surface area contributed by atoms with E-state index in [0.717, 1.165) is 29.7 Å². The van der Waals surface area contributed by atoms with Crippen LogP contribution in [0.5, 0.6) is 0 Å². The van der Waals surface area contributed by atoms with Crippen molar-refractivity contribution in [1.82, 2.24) is 4.98 Å². The monoisotopic (exact) mass is 587 g/mol. The van der Waals surface area contributed by atoms with Crippen LogP contribution in [0.15, 0.2) is 48.7 Å². The number of fused-ring (bicyclic) bond motifs is 1. The molecule has 3 heterocycles. The summed E-state index contributed by atoms with van der Waals surface area (Å²) in [5, 5.41) is 11.5. The number of thioether (sulfide) groups is 4. The Morgan fingerprint density at radius 2 is 1.71 bits per heavy atom. The molecule has 7 heteroatoms. The van der Waals surface area contributed by atoms with Gasteiger partial charge in [0.2, 0.25) is 0 Å². The minimum atomic E-state index is -0.223. The number of halogens is 1. The van der Waals surface area contributed by atoms with Gasteiger partial charge in [-0.15, -0.1) is 47.0 Å². The Hall–Kier alpha value is -0.600. The Morgan fingerprint density at radius 1 is 0.947 bits per heavy atom. The molecule has 4 fully saturated rings. The molecule has 2 saturated carbocycles. The van der Waals surface area contributed by atoms with E-state index in [1.807, 2.05) is 12.3 Å². The first-order chi connectivity index (χ1) is 18.4. The average Bonchev–Trinajstić information content (AvgIpc) is 3.66. The second-order valence-corrected chi connectivity index (χ2v) is 17.3. The standard InChI is InChI=1S/C31H38FNOS4/c1-30-13-12-27(34)31(2,29-37-16-17-38-29)26(30)11-9-24(28-35-14-15-36-28)25(30)10-8-23-7-6-21(19-33-23)20-4-3-5-22(32)18-20/h3-8,10,18-19,24-29,34H,9,11-17H2,1-2H3/b10-8+/t24-,25+,26-,27+,30-,31-/m0/s1. The Labute approximate surface area is 244 Å². The molecule has 204 valence electrons. The van der Waals surface area contributed by atoms with Crippen LogP contribution >= 0.6 is 47.0 Å². The van der Waals surface area contributed by atoms with Crippen molar-refractivity contribution in [1.29, 1.82) is 0 Å². The van der Waals surface area contributed by atoms with Gasteiger partial charge < -0.3 is 5.11 Å². The zero-order valence-electron chi connectivity index (χ0n) is 22.2. The molecule has 2 aromatic rings. The fourth-order valence-corrected chi connectivity index (χ4v) is 14.6. The highest BCUT2D eigenvalue weighted by atomic mass is 32.2. The van der Waals surface area contributed by atoms with Crippen molar-refractivity contribution in [2.24, 2.45) is 28.6 Å². The molecular weight excluding hydrogens is 550 g/mol. The van der Waals surface area contributed by atoms with Gasteiger partial charge in [-0.05, 0) is 78.7 Å². The lowest BCUT2D eigenvalue weighted by Gasteiger charge is -2.62. The minimum Gasteiger partial charge on any atom is -0.392 e. The van der Waals surface area contributed by atoms with Crippen LogP contribution in [0, 0.1) is 34.4 Å². The summed E-state index contributed by atoms with van der Waals surface area (Å²) in [5.74, 6) is 6.36. The number of hydrogen-bond donors (Lipinski definition) is 1. The van der Waals surface area contributed by atoms with Crippen molar-refractivity contribution in [3.05, 3.63) is 60.2 Å². The van der Waals surface area contributed by atoms with Crippen LogP contribution in [0.3, 0.4) is 0 Å². The van der Waals surface area contributed by atoms with Gasteiger partial charge in [-0.3, -0.25) is 4.98 Å². The van der Waals surface area contributed by atoms with Gasteiger partial charge in [0, 0.05) is 40.2 Å². The van der Waals surface area contributed by atoms with Crippen molar-refractivity contribution in [3.63, 3.8) is 0 Å². The molecule has 2 aliphatic heterocycles. The van der Waals surface area contributed by atoms with Gasteiger partial charge in [0.15, 0.2) is 0 Å². The quantitative estimate of drug-likeness (QED) is 0.379. The van der Waals surface area contributed by atoms with Crippen LogP contribution in [0.25, 0.3) is 17.2 Å². The number of rotatable bonds is 5. The molecule has 6 atom stereocenters. The Bertz CT molecular complexity index is 1150. The normalized spacial score (nSPS) is 36.6. The number of allylic oxidation sites excluding steroid dienone is 1. The maximum atomic E-state index is 13.7. The molecule has 1 N–H and O–H groups in total. The van der Waals surface area contributed by atoms with E-state index < -0.39 is 0 Å². The molecule has 4 aliphatic rings. The summed E-state index contributed by atoms with van der Waals surface area (Å²) < 4.78 is 14.9. The number of benzene rings is 1. The number of aliphatic hydroxyl groups excluding tert-OH is 1. The smallest absolute Gasteiger partial charge is 0.123 e. The Morgan fingerprint density at radius 3 is 2.42 bits per heavy atom. The summed E-state index contributed by atoms with van der Waals surface area (Å²) in [6.45, 7) is 4.97. The van der Waals surface area contributed by atoms with Crippen LogP contribution < -0.4 is 0 Å². The third kappa shape index (κ3) is 5.01. The number of pyridine rings is 1. The van der Waals surface area contributed by atoms with E-state index in [-0.39, 0.29) is 22.8 Å². The first-order valence-corrected chi connectivity index (χ1v) is 18.1. The van der Waals surface area contributed by atoms with Gasteiger partial charge in [-0.1, -0.05) is 38.1 Å². The molecule has 38 heavy (non-hydrogen) atoms. The molecule has 6 rings (SSSR count). The predicted molar refractivity (Wildman–Crippen MR) is 167 cm³/mol. The van der Waals surface area contributed by atoms with Crippen molar-refractivity contribution >= 4 is 53.1 Å². The third-order valence-corrected chi connectivity index (χ3v) is 16.7. The lowest BCUT2D eigenvalue weighted by Crippen LogP contribution is -2.60. The fraction of sp³-hybridized carbons (Fsp3) is 0.581. The maximum Gasteiger partial charge on any atom is 0.123 e. The van der Waals surface area contributed by atoms with E-state index in [9.17, 15) is 9.50 Å². The van der Waals surface area contributed by atoms with Gasteiger partial charge in [0.05, 0.1) is 21.0 Å². The molecule has 1 aromatic heterocycles. The van der Waals surface area contributed by atoms with E-state index in [2.05, 4.69) is 85.2 Å². The van der Waals surface area contributed by atoms with Crippen LogP contribution in [0.1, 0.15) is 45.2 Å². The topological polar surface area (TPSA) is 33.1 Å². The summed E-state index contributed by atoms with van der Waals surface area (Å²) >= 11 is 8.50. The highest BCUT2D eigenvalue weighted by molar-refractivity contribution is 8.20. The third-order valence-electron chi connectivity index (χ3n) is 9.78. The Kier molecular flexibility index (Phi) is 8.23. The number of aromatic nitrogens is 1. The first kappa shape index (κ1) is 27.6. The molecule has 0 radical (unpaired) electrons. The zero-order valence-corrected chi connectivity index (χ0v) is 25.5.